The van der Waals surface area contributed by atoms with Crippen LogP contribution in [0, 0.1) is 11.3 Å². The summed E-state index contributed by atoms with van der Waals surface area (Å²) in [6.07, 6.45) is 0. The first-order valence-corrected chi connectivity index (χ1v) is 7.31. The molecule has 0 radical (unpaired) electrons. The van der Waals surface area contributed by atoms with Crippen molar-refractivity contribution < 1.29 is 0 Å². The third kappa shape index (κ3) is 3.56. The van der Waals surface area contributed by atoms with Crippen LogP contribution >= 0.6 is 43.2 Å². The summed E-state index contributed by atoms with van der Waals surface area (Å²) in [4.78, 5) is 1.25. The molecule has 1 N–H and O–H groups in total. The normalized spacial score (nSPS) is 9.94. The molecule has 5 heteroatoms. The van der Waals surface area contributed by atoms with Crippen LogP contribution in [0.1, 0.15) is 10.4 Å². The molecule has 0 aliphatic carbocycles. The summed E-state index contributed by atoms with van der Waals surface area (Å²) in [7, 11) is 0. The molecule has 2 aromatic rings. The zero-order valence-corrected chi connectivity index (χ0v) is 12.7. The molecule has 0 bridgehead atoms. The van der Waals surface area contributed by atoms with Gasteiger partial charge in [0.05, 0.1) is 11.6 Å². The van der Waals surface area contributed by atoms with E-state index in [1.165, 1.54) is 4.88 Å². The van der Waals surface area contributed by atoms with Crippen LogP contribution in [-0.4, -0.2) is 0 Å². The molecule has 0 spiro atoms. The molecular weight excluding hydrogens is 364 g/mol. The van der Waals surface area contributed by atoms with Crippen LogP contribution in [0.2, 0.25) is 0 Å². The Morgan fingerprint density at radius 2 is 2.00 bits per heavy atom. The highest BCUT2D eigenvalue weighted by molar-refractivity contribution is 9.10. The van der Waals surface area contributed by atoms with Gasteiger partial charge in [-0.3, -0.25) is 0 Å². The van der Waals surface area contributed by atoms with Crippen LogP contribution in [0.25, 0.3) is 0 Å². The molecule has 0 saturated carbocycles. The maximum Gasteiger partial charge on any atom is 0.0992 e. The van der Waals surface area contributed by atoms with Gasteiger partial charge in [0.15, 0.2) is 0 Å². The Kier molecular flexibility index (Phi) is 4.21. The van der Waals surface area contributed by atoms with Crippen LogP contribution in [-0.2, 0) is 6.54 Å². The summed E-state index contributed by atoms with van der Waals surface area (Å²) >= 11 is 8.51. The number of thiophene rings is 1. The number of hydrogen-bond acceptors (Lipinski definition) is 3. The van der Waals surface area contributed by atoms with E-state index in [2.05, 4.69) is 54.7 Å². The molecule has 0 saturated heterocycles. The van der Waals surface area contributed by atoms with Crippen molar-refractivity contribution in [3.8, 4) is 6.07 Å². The molecule has 0 aliphatic heterocycles. The van der Waals surface area contributed by atoms with Crippen molar-refractivity contribution >= 4 is 48.9 Å². The van der Waals surface area contributed by atoms with E-state index >= 15 is 0 Å². The first-order chi connectivity index (χ1) is 8.17. The van der Waals surface area contributed by atoms with Crippen LogP contribution in [0.5, 0.6) is 0 Å². The SMILES string of the molecule is N#Cc1cc(Br)cc(NCc2cc(Br)cs2)c1. The lowest BCUT2D eigenvalue weighted by atomic mass is 10.2. The summed E-state index contributed by atoms with van der Waals surface area (Å²) in [5.74, 6) is 0. The van der Waals surface area contributed by atoms with Crippen molar-refractivity contribution in [1.29, 1.82) is 5.26 Å². The minimum atomic E-state index is 0.647. The molecule has 0 unspecified atom stereocenters. The van der Waals surface area contributed by atoms with E-state index in [0.29, 0.717) is 5.56 Å². The highest BCUT2D eigenvalue weighted by Gasteiger charge is 2.01. The molecule has 86 valence electrons. The van der Waals surface area contributed by atoms with Crippen LogP contribution in [0.15, 0.2) is 38.6 Å². The average molecular weight is 372 g/mol. The zero-order chi connectivity index (χ0) is 12.3. The molecule has 2 nitrogen and oxygen atoms in total. The van der Waals surface area contributed by atoms with Gasteiger partial charge in [0.25, 0.3) is 0 Å². The zero-order valence-electron chi connectivity index (χ0n) is 8.71. The third-order valence-corrected chi connectivity index (χ3v) is 4.27. The monoisotopic (exact) mass is 370 g/mol. The van der Waals surface area contributed by atoms with E-state index in [4.69, 9.17) is 5.26 Å². The van der Waals surface area contributed by atoms with Gasteiger partial charge in [-0.25, -0.2) is 0 Å². The highest BCUT2D eigenvalue weighted by atomic mass is 79.9. The van der Waals surface area contributed by atoms with Gasteiger partial charge in [-0.15, -0.1) is 11.3 Å². The van der Waals surface area contributed by atoms with Gasteiger partial charge in [-0.2, -0.15) is 5.26 Å². The van der Waals surface area contributed by atoms with E-state index in [-0.39, 0.29) is 0 Å². The van der Waals surface area contributed by atoms with E-state index in [0.717, 1.165) is 21.2 Å². The van der Waals surface area contributed by atoms with E-state index in [9.17, 15) is 0 Å². The Morgan fingerprint density at radius 3 is 2.65 bits per heavy atom. The van der Waals surface area contributed by atoms with Crippen molar-refractivity contribution in [1.82, 2.24) is 0 Å². The topological polar surface area (TPSA) is 35.8 Å². The summed E-state index contributed by atoms with van der Waals surface area (Å²) in [5.41, 5.74) is 1.59. The van der Waals surface area contributed by atoms with Crippen LogP contribution < -0.4 is 5.32 Å². The van der Waals surface area contributed by atoms with Crippen molar-refractivity contribution in [3.63, 3.8) is 0 Å². The number of benzene rings is 1. The average Bonchev–Trinajstić information content (AvgIpc) is 2.72. The molecule has 0 amide bonds. The molecule has 1 heterocycles. The quantitative estimate of drug-likeness (QED) is 0.844. The minimum absolute atomic E-state index is 0.647. The molecule has 2 rings (SSSR count). The second-order valence-electron chi connectivity index (χ2n) is 3.43. The van der Waals surface area contributed by atoms with Crippen molar-refractivity contribution in [3.05, 3.63) is 49.0 Å². The number of nitriles is 1. The number of halogens is 2. The Bertz CT molecular complexity index is 572. The van der Waals surface area contributed by atoms with E-state index < -0.39 is 0 Å². The lowest BCUT2D eigenvalue weighted by Gasteiger charge is -2.05. The van der Waals surface area contributed by atoms with Crippen LogP contribution in [0.4, 0.5) is 5.69 Å². The number of hydrogen-bond donors (Lipinski definition) is 1. The fraction of sp³-hybridized carbons (Fsp3) is 0.0833. The van der Waals surface area contributed by atoms with Gasteiger partial charge >= 0.3 is 0 Å². The summed E-state index contributed by atoms with van der Waals surface area (Å²) < 4.78 is 2.01. The lowest BCUT2D eigenvalue weighted by Crippen LogP contribution is -1.97. The molecular formula is C12H8Br2N2S. The van der Waals surface area contributed by atoms with Gasteiger partial charge in [-0.05, 0) is 40.2 Å². The molecule has 0 atom stereocenters. The fourth-order valence-electron chi connectivity index (χ4n) is 1.39. The minimum Gasteiger partial charge on any atom is -0.380 e. The maximum atomic E-state index is 8.87. The predicted octanol–water partition coefficient (Wildman–Crippen LogP) is 4.76. The smallest absolute Gasteiger partial charge is 0.0992 e. The molecule has 0 fully saturated rings. The second-order valence-corrected chi connectivity index (χ2v) is 6.25. The number of nitrogens with zero attached hydrogens (tertiary/aromatic N) is 1. The Morgan fingerprint density at radius 1 is 1.18 bits per heavy atom. The van der Waals surface area contributed by atoms with Crippen molar-refractivity contribution in [2.75, 3.05) is 5.32 Å². The summed E-state index contributed by atoms with van der Waals surface area (Å²) in [6, 6.07) is 9.82. The first-order valence-electron chi connectivity index (χ1n) is 4.85. The van der Waals surface area contributed by atoms with E-state index in [1.807, 2.05) is 12.1 Å². The van der Waals surface area contributed by atoms with Crippen molar-refractivity contribution in [2.45, 2.75) is 6.54 Å². The second kappa shape index (κ2) is 5.67. The predicted molar refractivity (Wildman–Crippen MR) is 78.2 cm³/mol. The molecule has 0 aliphatic rings. The summed E-state index contributed by atoms with van der Waals surface area (Å²) in [5, 5.41) is 14.2. The van der Waals surface area contributed by atoms with Gasteiger partial charge in [-0.1, -0.05) is 15.9 Å². The van der Waals surface area contributed by atoms with Gasteiger partial charge in [0.2, 0.25) is 0 Å². The Labute approximate surface area is 121 Å². The Balaban J connectivity index is 2.09. The maximum absolute atomic E-state index is 8.87. The lowest BCUT2D eigenvalue weighted by molar-refractivity contribution is 1.19. The molecule has 1 aromatic carbocycles. The highest BCUT2D eigenvalue weighted by Crippen LogP contribution is 2.23. The van der Waals surface area contributed by atoms with Crippen molar-refractivity contribution in [2.24, 2.45) is 0 Å². The molecule has 17 heavy (non-hydrogen) atoms. The number of rotatable bonds is 3. The first kappa shape index (κ1) is 12.6. The number of nitrogens with one attached hydrogen (secondary N) is 1. The summed E-state index contributed by atoms with van der Waals surface area (Å²) in [6.45, 7) is 0.761. The van der Waals surface area contributed by atoms with Gasteiger partial charge in [0, 0.05) is 31.4 Å². The largest absolute Gasteiger partial charge is 0.380 e. The number of anilines is 1. The van der Waals surface area contributed by atoms with Gasteiger partial charge < -0.3 is 5.32 Å². The third-order valence-electron chi connectivity index (χ3n) is 2.12. The standard InChI is InChI=1S/C12H8Br2N2S/c13-9-1-8(5-15)2-11(3-9)16-6-12-4-10(14)7-17-12/h1-4,7,16H,6H2. The fourth-order valence-corrected chi connectivity index (χ4v) is 3.28. The molecule has 1 aromatic heterocycles. The van der Waals surface area contributed by atoms with E-state index in [1.54, 1.807) is 17.4 Å². The van der Waals surface area contributed by atoms with Crippen LogP contribution in [0.3, 0.4) is 0 Å². The Hall–Kier alpha value is -0.830. The van der Waals surface area contributed by atoms with Gasteiger partial charge in [0.1, 0.15) is 0 Å².